The lowest BCUT2D eigenvalue weighted by atomic mass is 10.1. The first kappa shape index (κ1) is 16.4. The summed E-state index contributed by atoms with van der Waals surface area (Å²) >= 11 is 5.79. The van der Waals surface area contributed by atoms with E-state index >= 15 is 0 Å². The van der Waals surface area contributed by atoms with E-state index in [-0.39, 0.29) is 10.8 Å². The van der Waals surface area contributed by atoms with Gasteiger partial charge in [0.25, 0.3) is 0 Å². The smallest absolute Gasteiger partial charge is 0.329 e. The lowest BCUT2D eigenvalue weighted by Crippen LogP contribution is -2.08. The molecule has 100 valence electrons. The molecule has 0 amide bonds. The minimum Gasteiger partial charge on any atom is -0.379 e. The standard InChI is InChI=1S/C10H14ClN3O2.C2H4/c1-4-5-12-8-6(2)7(3)13-10(11)9(8)14(15)16;1-2/h4-5H2,1-3H3,(H,12,13);1-2H2. The second kappa shape index (κ2) is 7.66. The molecule has 0 radical (unpaired) electrons. The fourth-order valence-corrected chi connectivity index (χ4v) is 1.67. The van der Waals surface area contributed by atoms with E-state index in [1.54, 1.807) is 13.8 Å². The van der Waals surface area contributed by atoms with Gasteiger partial charge >= 0.3 is 5.69 Å². The minimum atomic E-state index is -0.500. The van der Waals surface area contributed by atoms with Gasteiger partial charge in [-0.1, -0.05) is 18.5 Å². The van der Waals surface area contributed by atoms with E-state index in [0.717, 1.165) is 12.0 Å². The van der Waals surface area contributed by atoms with Crippen molar-refractivity contribution in [1.29, 1.82) is 0 Å². The Hall–Kier alpha value is -1.62. The molecule has 0 saturated heterocycles. The number of hydrogen-bond acceptors (Lipinski definition) is 4. The van der Waals surface area contributed by atoms with E-state index in [9.17, 15) is 10.1 Å². The largest absolute Gasteiger partial charge is 0.379 e. The Kier molecular flexibility index (Phi) is 6.97. The van der Waals surface area contributed by atoms with Gasteiger partial charge in [0.1, 0.15) is 5.69 Å². The van der Waals surface area contributed by atoms with Crippen LogP contribution in [0.1, 0.15) is 24.6 Å². The van der Waals surface area contributed by atoms with Gasteiger partial charge in [0.05, 0.1) is 4.92 Å². The zero-order valence-corrected chi connectivity index (χ0v) is 11.7. The number of nitrogens with one attached hydrogen (secondary N) is 1. The maximum atomic E-state index is 10.9. The summed E-state index contributed by atoms with van der Waals surface area (Å²) in [7, 11) is 0. The molecule has 6 heteroatoms. The van der Waals surface area contributed by atoms with Crippen LogP contribution in [0.5, 0.6) is 0 Å². The first-order valence-corrected chi connectivity index (χ1v) is 5.91. The van der Waals surface area contributed by atoms with Crippen molar-refractivity contribution >= 4 is 23.0 Å². The quantitative estimate of drug-likeness (QED) is 0.390. The molecule has 1 aromatic rings. The Morgan fingerprint density at radius 2 is 2.00 bits per heavy atom. The first-order valence-electron chi connectivity index (χ1n) is 5.54. The van der Waals surface area contributed by atoms with Crippen molar-refractivity contribution in [1.82, 2.24) is 4.98 Å². The molecule has 1 rings (SSSR count). The molecule has 0 fully saturated rings. The molecule has 1 heterocycles. The Morgan fingerprint density at radius 3 is 2.44 bits per heavy atom. The molecule has 1 N–H and O–H groups in total. The van der Waals surface area contributed by atoms with Gasteiger partial charge in [0.2, 0.25) is 5.15 Å². The number of aryl methyl sites for hydroxylation is 1. The van der Waals surface area contributed by atoms with E-state index in [4.69, 9.17) is 11.6 Å². The lowest BCUT2D eigenvalue weighted by molar-refractivity contribution is -0.384. The zero-order valence-electron chi connectivity index (χ0n) is 10.9. The van der Waals surface area contributed by atoms with Gasteiger partial charge in [-0.15, -0.1) is 13.2 Å². The van der Waals surface area contributed by atoms with Crippen molar-refractivity contribution in [3.05, 3.63) is 39.7 Å². The highest BCUT2D eigenvalue weighted by Crippen LogP contribution is 2.35. The minimum absolute atomic E-state index is 0.0632. The highest BCUT2D eigenvalue weighted by molar-refractivity contribution is 6.32. The molecule has 18 heavy (non-hydrogen) atoms. The van der Waals surface area contributed by atoms with Crippen LogP contribution in [0.25, 0.3) is 0 Å². The van der Waals surface area contributed by atoms with Crippen LogP contribution < -0.4 is 5.32 Å². The fraction of sp³-hybridized carbons (Fsp3) is 0.417. The van der Waals surface area contributed by atoms with Crippen molar-refractivity contribution < 1.29 is 4.92 Å². The summed E-state index contributed by atoms with van der Waals surface area (Å²) in [6.45, 7) is 12.2. The van der Waals surface area contributed by atoms with Crippen molar-refractivity contribution in [3.8, 4) is 0 Å². The van der Waals surface area contributed by atoms with Crippen LogP contribution in [0, 0.1) is 24.0 Å². The summed E-state index contributed by atoms with van der Waals surface area (Å²) < 4.78 is 0. The van der Waals surface area contributed by atoms with Gasteiger partial charge in [-0.3, -0.25) is 10.1 Å². The Labute approximate surface area is 112 Å². The normalized spacial score (nSPS) is 9.33. The number of halogens is 1. The van der Waals surface area contributed by atoms with Crippen LogP contribution in [0.2, 0.25) is 5.15 Å². The third-order valence-electron chi connectivity index (χ3n) is 2.35. The number of hydrogen-bond donors (Lipinski definition) is 1. The number of aromatic nitrogens is 1. The topological polar surface area (TPSA) is 68.1 Å². The molecule has 5 nitrogen and oxygen atoms in total. The van der Waals surface area contributed by atoms with E-state index in [2.05, 4.69) is 23.5 Å². The van der Waals surface area contributed by atoms with Gasteiger partial charge in [-0.25, -0.2) is 4.98 Å². The average Bonchev–Trinajstić information content (AvgIpc) is 2.33. The Balaban J connectivity index is 0.00000137. The van der Waals surface area contributed by atoms with Gasteiger partial charge in [-0.2, -0.15) is 0 Å². The van der Waals surface area contributed by atoms with Crippen LogP contribution in [0.15, 0.2) is 13.2 Å². The van der Waals surface area contributed by atoms with Crippen molar-refractivity contribution in [2.45, 2.75) is 27.2 Å². The number of nitrogens with zero attached hydrogens (tertiary/aromatic N) is 2. The predicted octanol–water partition coefficient (Wildman–Crippen LogP) is 3.88. The van der Waals surface area contributed by atoms with E-state index in [0.29, 0.717) is 17.9 Å². The SMILES string of the molecule is C=C.CCCNc1c(C)c(C)nc(Cl)c1[N+](=O)[O-]. The molecule has 0 aromatic carbocycles. The number of pyridine rings is 1. The number of nitro groups is 1. The summed E-state index contributed by atoms with van der Waals surface area (Å²) in [5, 5.41) is 13.9. The zero-order chi connectivity index (χ0) is 14.3. The van der Waals surface area contributed by atoms with Crippen molar-refractivity contribution in [2.24, 2.45) is 0 Å². The highest BCUT2D eigenvalue weighted by Gasteiger charge is 2.23. The highest BCUT2D eigenvalue weighted by atomic mass is 35.5. The second-order valence-corrected chi connectivity index (χ2v) is 3.88. The number of anilines is 1. The van der Waals surface area contributed by atoms with Gasteiger partial charge in [0.15, 0.2) is 0 Å². The molecule has 0 atom stereocenters. The lowest BCUT2D eigenvalue weighted by Gasteiger charge is -2.11. The van der Waals surface area contributed by atoms with Gasteiger partial charge < -0.3 is 5.32 Å². The molecule has 0 saturated carbocycles. The maximum Gasteiger partial charge on any atom is 0.329 e. The summed E-state index contributed by atoms with van der Waals surface area (Å²) in [6.07, 6.45) is 0.885. The summed E-state index contributed by atoms with van der Waals surface area (Å²) in [5.41, 5.74) is 1.81. The summed E-state index contributed by atoms with van der Waals surface area (Å²) in [5.74, 6) is 0. The molecule has 0 aliphatic carbocycles. The molecule has 0 bridgehead atoms. The molecule has 0 spiro atoms. The van der Waals surface area contributed by atoms with Crippen LogP contribution in [0.4, 0.5) is 11.4 Å². The van der Waals surface area contributed by atoms with Crippen molar-refractivity contribution in [3.63, 3.8) is 0 Å². The van der Waals surface area contributed by atoms with Crippen LogP contribution in [0.3, 0.4) is 0 Å². The van der Waals surface area contributed by atoms with Gasteiger partial charge in [0, 0.05) is 17.8 Å². The summed E-state index contributed by atoms with van der Waals surface area (Å²) in [6, 6.07) is 0. The molecule has 1 aromatic heterocycles. The molecule has 0 unspecified atom stereocenters. The van der Waals surface area contributed by atoms with Crippen LogP contribution >= 0.6 is 11.6 Å². The third-order valence-corrected chi connectivity index (χ3v) is 2.61. The predicted molar refractivity (Wildman–Crippen MR) is 75.4 cm³/mol. The summed E-state index contributed by atoms with van der Waals surface area (Å²) in [4.78, 5) is 14.4. The monoisotopic (exact) mass is 271 g/mol. The molecule has 0 aliphatic heterocycles. The van der Waals surface area contributed by atoms with Gasteiger partial charge in [-0.05, 0) is 20.3 Å². The Morgan fingerprint density at radius 1 is 1.44 bits per heavy atom. The molecule has 0 aliphatic rings. The van der Waals surface area contributed by atoms with E-state index in [1.807, 2.05) is 6.92 Å². The Bertz CT molecular complexity index is 436. The van der Waals surface area contributed by atoms with E-state index in [1.165, 1.54) is 0 Å². The molecular formula is C12H18ClN3O2. The second-order valence-electron chi connectivity index (χ2n) is 3.52. The maximum absolute atomic E-state index is 10.9. The first-order chi connectivity index (χ1) is 8.49. The van der Waals surface area contributed by atoms with E-state index < -0.39 is 4.92 Å². The van der Waals surface area contributed by atoms with Crippen LogP contribution in [-0.2, 0) is 0 Å². The number of rotatable bonds is 4. The molecular weight excluding hydrogens is 254 g/mol. The van der Waals surface area contributed by atoms with Crippen molar-refractivity contribution in [2.75, 3.05) is 11.9 Å². The van der Waals surface area contributed by atoms with Crippen LogP contribution in [-0.4, -0.2) is 16.5 Å². The average molecular weight is 272 g/mol. The fourth-order valence-electron chi connectivity index (χ4n) is 1.38. The third kappa shape index (κ3) is 3.70.